The molecule has 3 aromatic rings. The smallest absolute Gasteiger partial charge is 0.191 e. The number of carbonyl (C=O) groups excluding carboxylic acids is 1. The van der Waals surface area contributed by atoms with Crippen LogP contribution in [0.5, 0.6) is 0 Å². The Balaban J connectivity index is 1.41. The third-order valence-corrected chi connectivity index (χ3v) is 6.28. The Bertz CT molecular complexity index is 921. The van der Waals surface area contributed by atoms with Gasteiger partial charge in [0.1, 0.15) is 5.00 Å². The molecule has 0 atom stereocenters. The van der Waals surface area contributed by atoms with Gasteiger partial charge in [-0.2, -0.15) is 0 Å². The quantitative estimate of drug-likeness (QED) is 0.663. The van der Waals surface area contributed by atoms with E-state index in [0.717, 1.165) is 38.2 Å². The van der Waals surface area contributed by atoms with E-state index in [-0.39, 0.29) is 5.78 Å². The summed E-state index contributed by atoms with van der Waals surface area (Å²) in [5.74, 6) is 0.665. The number of piperidine rings is 1. The predicted molar refractivity (Wildman–Crippen MR) is 107 cm³/mol. The van der Waals surface area contributed by atoms with Gasteiger partial charge in [0.05, 0.1) is 5.69 Å². The summed E-state index contributed by atoms with van der Waals surface area (Å²) < 4.78 is 0. The van der Waals surface area contributed by atoms with Crippen LogP contribution < -0.4 is 5.73 Å². The first-order valence-corrected chi connectivity index (χ1v) is 10.0. The number of aromatic amines is 1. The lowest BCUT2D eigenvalue weighted by Gasteiger charge is -2.31. The second-order valence-corrected chi connectivity index (χ2v) is 7.98. The zero-order valence-electron chi connectivity index (χ0n) is 15.0. The lowest BCUT2D eigenvalue weighted by molar-refractivity contribution is 0.0987. The topological polar surface area (TPSA) is 75.0 Å². The number of para-hydroxylation sites is 1. The summed E-state index contributed by atoms with van der Waals surface area (Å²) in [4.78, 5) is 22.1. The summed E-state index contributed by atoms with van der Waals surface area (Å²) in [7, 11) is 0. The minimum Gasteiger partial charge on any atom is -0.389 e. The van der Waals surface area contributed by atoms with Crippen LogP contribution in [0.3, 0.4) is 0 Å². The molecule has 0 saturated carbocycles. The number of ketones is 1. The monoisotopic (exact) mass is 368 g/mol. The van der Waals surface area contributed by atoms with Crippen LogP contribution in [0.4, 0.5) is 5.00 Å². The number of nitrogens with one attached hydrogen (secondary N) is 1. The van der Waals surface area contributed by atoms with Gasteiger partial charge in [0.25, 0.3) is 0 Å². The number of rotatable bonds is 5. The first-order valence-electron chi connectivity index (χ1n) is 9.22. The van der Waals surface area contributed by atoms with E-state index in [1.54, 1.807) is 0 Å². The second kappa shape index (κ2) is 7.21. The molecule has 5 nitrogen and oxygen atoms in total. The highest BCUT2D eigenvalue weighted by Gasteiger charge is 2.24. The first kappa shape index (κ1) is 17.2. The van der Waals surface area contributed by atoms with Crippen LogP contribution in [-0.2, 0) is 6.54 Å². The van der Waals surface area contributed by atoms with E-state index in [9.17, 15) is 4.79 Å². The van der Waals surface area contributed by atoms with Crippen molar-refractivity contribution in [2.75, 3.05) is 18.8 Å². The van der Waals surface area contributed by atoms with Gasteiger partial charge in [0, 0.05) is 30.1 Å². The molecule has 1 aliphatic rings. The molecule has 2 aromatic heterocycles. The number of fused-ring (bicyclic) bond motifs is 1. The molecular formula is C20H24N4OS. The van der Waals surface area contributed by atoms with Gasteiger partial charge < -0.3 is 10.7 Å². The summed E-state index contributed by atoms with van der Waals surface area (Å²) >= 11 is 1.32. The molecule has 1 fully saturated rings. The van der Waals surface area contributed by atoms with E-state index in [4.69, 9.17) is 5.73 Å². The maximum absolute atomic E-state index is 11.8. The molecular weight excluding hydrogens is 344 g/mol. The van der Waals surface area contributed by atoms with Gasteiger partial charge in [-0.05, 0) is 43.5 Å². The second-order valence-electron chi connectivity index (χ2n) is 6.95. The van der Waals surface area contributed by atoms with Gasteiger partial charge in [-0.25, -0.2) is 4.98 Å². The predicted octanol–water partition coefficient (Wildman–Crippen LogP) is 4.18. The Hall–Kier alpha value is -2.18. The molecule has 6 heteroatoms. The normalized spacial score (nSPS) is 16.3. The average molecular weight is 369 g/mol. The van der Waals surface area contributed by atoms with Crippen molar-refractivity contribution in [3.8, 4) is 0 Å². The number of nitrogens with zero attached hydrogens (tertiary/aromatic N) is 2. The molecule has 136 valence electrons. The molecule has 3 heterocycles. The first-order chi connectivity index (χ1) is 12.7. The molecule has 1 saturated heterocycles. The molecule has 26 heavy (non-hydrogen) atoms. The van der Waals surface area contributed by atoms with Gasteiger partial charge in [-0.3, -0.25) is 9.69 Å². The van der Waals surface area contributed by atoms with Crippen molar-refractivity contribution in [1.82, 2.24) is 14.9 Å². The van der Waals surface area contributed by atoms with Crippen molar-refractivity contribution in [2.45, 2.75) is 38.6 Å². The molecule has 0 bridgehead atoms. The summed E-state index contributed by atoms with van der Waals surface area (Å²) in [6.45, 7) is 4.64. The van der Waals surface area contributed by atoms with Crippen molar-refractivity contribution in [3.05, 3.63) is 46.7 Å². The largest absolute Gasteiger partial charge is 0.389 e. The molecule has 1 aromatic carbocycles. The van der Waals surface area contributed by atoms with Crippen LogP contribution in [-0.4, -0.2) is 33.7 Å². The summed E-state index contributed by atoms with van der Waals surface area (Å²) in [6, 6.07) is 8.51. The summed E-state index contributed by atoms with van der Waals surface area (Å²) in [5, 5.41) is 2.58. The van der Waals surface area contributed by atoms with Crippen LogP contribution >= 0.6 is 11.3 Å². The maximum Gasteiger partial charge on any atom is 0.191 e. The number of H-pyrrole nitrogens is 1. The number of nitrogens with two attached hydrogens (primary N) is 1. The number of hydrogen-bond acceptors (Lipinski definition) is 5. The summed E-state index contributed by atoms with van der Waals surface area (Å²) in [5.41, 5.74) is 9.60. The highest BCUT2D eigenvalue weighted by molar-refractivity contribution is 7.17. The number of aromatic nitrogens is 2. The number of carbonyl (C=O) groups is 1. The van der Waals surface area contributed by atoms with Crippen molar-refractivity contribution in [3.63, 3.8) is 0 Å². The standard InChI is InChI=1S/C20H24N4OS/c1-2-18(25)20-23-17(19(21)26-20)12-24-9-7-13(8-10-24)15-11-22-16-6-4-3-5-14(15)16/h3-6,11,13,22H,2,7-10,12,21H2,1H3. The zero-order valence-corrected chi connectivity index (χ0v) is 15.8. The number of benzene rings is 1. The zero-order chi connectivity index (χ0) is 18.1. The number of likely N-dealkylation sites (tertiary alicyclic amines) is 1. The molecule has 0 aliphatic carbocycles. The highest BCUT2D eigenvalue weighted by atomic mass is 32.1. The number of nitrogen functional groups attached to an aromatic ring is 1. The minimum atomic E-state index is 0.0750. The van der Waals surface area contributed by atoms with Gasteiger partial charge in [-0.15, -0.1) is 0 Å². The lowest BCUT2D eigenvalue weighted by atomic mass is 9.89. The van der Waals surface area contributed by atoms with E-state index in [1.165, 1.54) is 27.8 Å². The maximum atomic E-state index is 11.8. The molecule has 0 spiro atoms. The molecule has 1 aliphatic heterocycles. The van der Waals surface area contributed by atoms with Crippen LogP contribution in [0.2, 0.25) is 0 Å². The SMILES string of the molecule is CCC(=O)c1nc(CN2CCC(c3c[nH]c4ccccc34)CC2)c(N)s1. The van der Waals surface area contributed by atoms with Crippen molar-refractivity contribution in [1.29, 1.82) is 0 Å². The Morgan fingerprint density at radius 1 is 1.35 bits per heavy atom. The molecule has 0 radical (unpaired) electrons. The fraction of sp³-hybridized carbons (Fsp3) is 0.400. The van der Waals surface area contributed by atoms with Crippen LogP contribution in [0.15, 0.2) is 30.5 Å². The number of anilines is 1. The fourth-order valence-electron chi connectivity index (χ4n) is 3.79. The Morgan fingerprint density at radius 2 is 2.12 bits per heavy atom. The third-order valence-electron chi connectivity index (χ3n) is 5.31. The summed E-state index contributed by atoms with van der Waals surface area (Å²) in [6.07, 6.45) is 4.91. The molecule has 4 rings (SSSR count). The van der Waals surface area contributed by atoms with E-state index >= 15 is 0 Å². The van der Waals surface area contributed by atoms with E-state index < -0.39 is 0 Å². The van der Waals surface area contributed by atoms with Crippen molar-refractivity contribution < 1.29 is 4.79 Å². The van der Waals surface area contributed by atoms with Gasteiger partial charge >= 0.3 is 0 Å². The number of thiazole rings is 1. The molecule has 0 unspecified atom stereocenters. The van der Waals surface area contributed by atoms with Gasteiger partial charge in [-0.1, -0.05) is 36.5 Å². The fourth-order valence-corrected chi connectivity index (χ4v) is 4.64. The Morgan fingerprint density at radius 3 is 2.88 bits per heavy atom. The van der Waals surface area contributed by atoms with Crippen LogP contribution in [0.25, 0.3) is 10.9 Å². The molecule has 0 amide bonds. The Kier molecular flexibility index (Phi) is 4.78. The van der Waals surface area contributed by atoms with E-state index in [2.05, 4.69) is 45.3 Å². The van der Waals surface area contributed by atoms with Crippen molar-refractivity contribution in [2.24, 2.45) is 0 Å². The number of Topliss-reactive ketones (excluding diaryl/α,β-unsaturated/α-hetero) is 1. The average Bonchev–Trinajstić information content (AvgIpc) is 3.26. The Labute approximate surface area is 157 Å². The third kappa shape index (κ3) is 3.27. The number of hydrogen-bond donors (Lipinski definition) is 2. The van der Waals surface area contributed by atoms with Gasteiger partial charge in [0.2, 0.25) is 0 Å². The van der Waals surface area contributed by atoms with Crippen molar-refractivity contribution >= 4 is 33.0 Å². The van der Waals surface area contributed by atoms with E-state index in [1.807, 2.05) is 6.92 Å². The molecule has 3 N–H and O–H groups in total. The highest BCUT2D eigenvalue weighted by Crippen LogP contribution is 2.34. The lowest BCUT2D eigenvalue weighted by Crippen LogP contribution is -2.32. The van der Waals surface area contributed by atoms with Crippen LogP contribution in [0, 0.1) is 0 Å². The van der Waals surface area contributed by atoms with Crippen LogP contribution in [0.1, 0.15) is 53.2 Å². The van der Waals surface area contributed by atoms with E-state index in [0.29, 0.717) is 22.3 Å². The minimum absolute atomic E-state index is 0.0750. The van der Waals surface area contributed by atoms with Gasteiger partial charge in [0.15, 0.2) is 10.8 Å².